The van der Waals surface area contributed by atoms with Crippen LogP contribution >= 0.6 is 0 Å². The lowest BCUT2D eigenvalue weighted by Crippen LogP contribution is -2.60. The number of hydrogen-bond acceptors (Lipinski definition) is 11. The van der Waals surface area contributed by atoms with Crippen molar-refractivity contribution in [1.29, 1.82) is 0 Å². The fourth-order valence-corrected chi connectivity index (χ4v) is 9.65. The van der Waals surface area contributed by atoms with E-state index >= 15 is 0 Å². The average molecular weight is 867 g/mol. The van der Waals surface area contributed by atoms with Crippen molar-refractivity contribution in [2.45, 2.75) is 228 Å². The van der Waals surface area contributed by atoms with Gasteiger partial charge in [-0.2, -0.15) is 0 Å². The largest absolute Gasteiger partial charge is 0.391 e. The summed E-state index contributed by atoms with van der Waals surface area (Å²) >= 11 is 0. The van der Waals surface area contributed by atoms with Crippen LogP contribution < -0.4 is 28.7 Å². The molecular weight excluding hydrogens is 757 g/mol. The van der Waals surface area contributed by atoms with Gasteiger partial charge in [0.25, 0.3) is 0 Å². The molecule has 0 spiro atoms. The molecule has 11 N–H and O–H groups in total. The summed E-state index contributed by atoms with van der Waals surface area (Å²) in [5, 5.41) is 9.68. The molecule has 0 bridgehead atoms. The summed E-state index contributed by atoms with van der Waals surface area (Å²) in [5.41, 5.74) is 31.0. The molecule has 5 heterocycles. The summed E-state index contributed by atoms with van der Waals surface area (Å²) < 4.78 is 0. The topological polar surface area (TPSA) is 167 Å². The molecule has 11 heteroatoms. The summed E-state index contributed by atoms with van der Waals surface area (Å²) in [4.78, 5) is 12.3. The van der Waals surface area contributed by atoms with E-state index in [1.807, 2.05) is 0 Å². The van der Waals surface area contributed by atoms with E-state index in [1.165, 1.54) is 51.9 Å². The molecular formula is C50H110N10O. The molecule has 0 aromatic carbocycles. The van der Waals surface area contributed by atoms with Crippen LogP contribution in [0.2, 0.25) is 0 Å². The van der Waals surface area contributed by atoms with Crippen LogP contribution in [0, 0.1) is 29.6 Å². The van der Waals surface area contributed by atoms with E-state index in [-0.39, 0.29) is 45.8 Å². The van der Waals surface area contributed by atoms with Crippen molar-refractivity contribution in [3.8, 4) is 0 Å². The predicted octanol–water partition coefficient (Wildman–Crippen LogP) is 6.24. The van der Waals surface area contributed by atoms with Gasteiger partial charge in [0, 0.05) is 123 Å². The second-order valence-corrected chi connectivity index (χ2v) is 25.9. The molecule has 11 nitrogen and oxygen atoms in total. The third-order valence-corrected chi connectivity index (χ3v) is 13.5. The van der Waals surface area contributed by atoms with Gasteiger partial charge in [-0.05, 0) is 159 Å². The first-order valence-electron chi connectivity index (χ1n) is 24.6. The number of piperidine rings is 5. The van der Waals surface area contributed by atoms with Crippen molar-refractivity contribution in [2.75, 3.05) is 65.4 Å². The Morgan fingerprint density at radius 1 is 0.328 bits per heavy atom. The molecule has 61 heavy (non-hydrogen) atoms. The smallest absolute Gasteiger partial charge is 0.0741 e. The van der Waals surface area contributed by atoms with Crippen LogP contribution in [0.1, 0.15) is 164 Å². The van der Waals surface area contributed by atoms with Crippen molar-refractivity contribution in [3.05, 3.63) is 0 Å². The molecule has 0 aromatic rings. The van der Waals surface area contributed by atoms with Crippen molar-refractivity contribution >= 4 is 0 Å². The Morgan fingerprint density at radius 2 is 0.525 bits per heavy atom. The molecule has 0 unspecified atom stereocenters. The molecule has 0 aromatic heterocycles. The fraction of sp³-hybridized carbons (Fsp3) is 1.00. The van der Waals surface area contributed by atoms with Gasteiger partial charge in [0.1, 0.15) is 0 Å². The van der Waals surface area contributed by atoms with Crippen LogP contribution in [0.15, 0.2) is 0 Å². The van der Waals surface area contributed by atoms with Gasteiger partial charge in [0.2, 0.25) is 0 Å². The SMILES string of the molecule is C[C@@H]1CN(C(C)(C)C)C[C@H](N)[C@H]1O.C[C@@H]1C[C@H](N)CN(C(C)(C)C)C1.C[C@@H]1C[C@H](N)CN(C(C)(C)C)C1.C[C@H]1C[C@@H](N)CN(C(C)(C)C)C1.C[C@H]1C[C@@H](N)CN(C(C)(C)C)C1. The minimum absolute atomic E-state index is 0.0945. The van der Waals surface area contributed by atoms with E-state index in [9.17, 15) is 5.11 Å². The van der Waals surface area contributed by atoms with E-state index in [0.717, 1.165) is 62.9 Å². The first kappa shape index (κ1) is 58.6. The molecule has 5 aliphatic heterocycles. The Labute approximate surface area is 380 Å². The van der Waals surface area contributed by atoms with Crippen LogP contribution in [0.3, 0.4) is 0 Å². The quantitative estimate of drug-likeness (QED) is 0.163. The fourth-order valence-electron chi connectivity index (χ4n) is 9.65. The maximum absolute atomic E-state index is 9.68. The van der Waals surface area contributed by atoms with E-state index in [0.29, 0.717) is 24.2 Å². The number of nitrogens with zero attached hydrogens (tertiary/aromatic N) is 5. The molecule has 5 saturated heterocycles. The Bertz CT molecular complexity index is 1000. The van der Waals surface area contributed by atoms with Crippen LogP contribution in [0.4, 0.5) is 0 Å². The maximum atomic E-state index is 9.68. The third kappa shape index (κ3) is 22.5. The summed E-state index contributed by atoms with van der Waals surface area (Å²) in [6, 6.07) is 1.44. The number of likely N-dealkylation sites (tertiary alicyclic amines) is 5. The predicted molar refractivity (Wildman–Crippen MR) is 267 cm³/mol. The van der Waals surface area contributed by atoms with Gasteiger partial charge in [0.15, 0.2) is 0 Å². The third-order valence-electron chi connectivity index (χ3n) is 13.5. The first-order valence-corrected chi connectivity index (χ1v) is 24.6. The van der Waals surface area contributed by atoms with E-state index in [4.69, 9.17) is 28.7 Å². The summed E-state index contributed by atoms with van der Waals surface area (Å²) in [6.45, 7) is 55.7. The zero-order valence-electron chi connectivity index (χ0n) is 44.3. The van der Waals surface area contributed by atoms with E-state index in [2.05, 4.69) is 163 Å². The molecule has 0 radical (unpaired) electrons. The Morgan fingerprint density at radius 3 is 0.689 bits per heavy atom. The number of aliphatic hydroxyl groups is 1. The van der Waals surface area contributed by atoms with Gasteiger partial charge in [0.05, 0.1) is 6.10 Å². The molecule has 11 atom stereocenters. The summed E-state index contributed by atoms with van der Waals surface area (Å²) in [6.07, 6.45) is 4.41. The highest BCUT2D eigenvalue weighted by atomic mass is 16.3. The van der Waals surface area contributed by atoms with Crippen molar-refractivity contribution in [1.82, 2.24) is 24.5 Å². The monoisotopic (exact) mass is 867 g/mol. The molecule has 0 saturated carbocycles. The lowest BCUT2D eigenvalue weighted by Gasteiger charge is -2.45. The maximum Gasteiger partial charge on any atom is 0.0741 e. The normalized spacial score (nSPS) is 34.6. The van der Waals surface area contributed by atoms with Gasteiger partial charge in [-0.3, -0.25) is 24.5 Å². The zero-order valence-corrected chi connectivity index (χ0v) is 44.3. The van der Waals surface area contributed by atoms with Crippen LogP contribution in [-0.4, -0.2) is 159 Å². The number of hydrogen-bond donors (Lipinski definition) is 6. The van der Waals surface area contributed by atoms with Crippen LogP contribution in [0.25, 0.3) is 0 Å². The molecule has 5 fully saturated rings. The minimum Gasteiger partial charge on any atom is -0.391 e. The highest BCUT2D eigenvalue weighted by Gasteiger charge is 2.36. The number of aliphatic hydroxyl groups excluding tert-OH is 1. The van der Waals surface area contributed by atoms with Gasteiger partial charge in [-0.1, -0.05) is 34.6 Å². The molecule has 5 rings (SSSR count). The lowest BCUT2D eigenvalue weighted by molar-refractivity contribution is -0.0160. The Hall–Kier alpha value is -0.440. The molecule has 366 valence electrons. The molecule has 0 aliphatic carbocycles. The number of rotatable bonds is 0. The zero-order chi connectivity index (χ0) is 47.6. The lowest BCUT2D eigenvalue weighted by atomic mass is 9.89. The minimum atomic E-state index is -0.335. The number of nitrogens with two attached hydrogens (primary N) is 5. The molecule has 0 amide bonds. The van der Waals surface area contributed by atoms with Gasteiger partial charge in [-0.15, -0.1) is 0 Å². The second-order valence-electron chi connectivity index (χ2n) is 25.9. The van der Waals surface area contributed by atoms with Gasteiger partial charge < -0.3 is 33.8 Å². The van der Waals surface area contributed by atoms with Gasteiger partial charge >= 0.3 is 0 Å². The van der Waals surface area contributed by atoms with Crippen molar-refractivity contribution in [3.63, 3.8) is 0 Å². The molecule has 5 aliphatic rings. The highest BCUT2D eigenvalue weighted by Crippen LogP contribution is 2.26. The van der Waals surface area contributed by atoms with E-state index < -0.39 is 0 Å². The summed E-state index contributed by atoms with van der Waals surface area (Å²) in [5.74, 6) is 3.31. The summed E-state index contributed by atoms with van der Waals surface area (Å²) in [7, 11) is 0. The van der Waals surface area contributed by atoms with Crippen LogP contribution in [0.5, 0.6) is 0 Å². The highest BCUT2D eigenvalue weighted by molar-refractivity contribution is 4.93. The van der Waals surface area contributed by atoms with E-state index in [1.54, 1.807) is 0 Å². The van der Waals surface area contributed by atoms with Crippen molar-refractivity contribution < 1.29 is 5.11 Å². The van der Waals surface area contributed by atoms with Gasteiger partial charge in [-0.25, -0.2) is 0 Å². The Kier molecular flexibility index (Phi) is 23.4. The average Bonchev–Trinajstić information content (AvgIpc) is 3.04. The van der Waals surface area contributed by atoms with Crippen LogP contribution in [-0.2, 0) is 0 Å². The Balaban J connectivity index is 0.000000381. The first-order chi connectivity index (χ1) is 27.4. The second kappa shape index (κ2) is 24.4. The standard InChI is InChI=1S/C10H22N2O.4C10H22N2/c1-7-5-12(10(2,3)4)6-8(11)9(7)13;4*1-8-5-9(11)7-12(6-8)10(2,3)4/h7-9,13H,5-6,11H2,1-4H3;4*8-9H,5-7,11H2,1-4H3/t7-,8+,9+;4*8-,9+/m11100/s1. The van der Waals surface area contributed by atoms with Crippen molar-refractivity contribution in [2.24, 2.45) is 58.3 Å².